The second kappa shape index (κ2) is 7.38. The summed E-state index contributed by atoms with van der Waals surface area (Å²) in [7, 11) is 0. The van der Waals surface area contributed by atoms with E-state index in [4.69, 9.17) is 4.74 Å². The number of ether oxygens (including phenoxy) is 1. The Morgan fingerprint density at radius 3 is 2.43 bits per heavy atom. The van der Waals surface area contributed by atoms with Crippen LogP contribution >= 0.6 is 0 Å². The molecule has 146 valence electrons. The summed E-state index contributed by atoms with van der Waals surface area (Å²) >= 11 is 0. The van der Waals surface area contributed by atoms with E-state index >= 15 is 0 Å². The molecular weight excluding hydrogens is 358 g/mol. The van der Waals surface area contributed by atoms with Gasteiger partial charge in [-0.1, -0.05) is 32.9 Å². The van der Waals surface area contributed by atoms with E-state index in [-0.39, 0.29) is 11.2 Å². The fourth-order valence-electron chi connectivity index (χ4n) is 2.70. The summed E-state index contributed by atoms with van der Waals surface area (Å²) in [5.74, 6) is -1.04. The Balaban J connectivity index is 1.60. The van der Waals surface area contributed by atoms with Crippen LogP contribution in [0.2, 0.25) is 0 Å². The molecule has 8 heteroatoms. The largest absolute Gasteiger partial charge is 0.450 e. The number of hydrogen-bond donors (Lipinski definition) is 1. The topological polar surface area (TPSA) is 98.5 Å². The number of aromatic nitrogens is 4. The predicted octanol–water partition coefficient (Wildman–Crippen LogP) is 2.83. The normalized spacial score (nSPS) is 11.5. The van der Waals surface area contributed by atoms with Gasteiger partial charge in [-0.15, -0.1) is 5.10 Å². The van der Waals surface area contributed by atoms with Crippen molar-refractivity contribution in [3.05, 3.63) is 53.1 Å². The molecule has 1 N–H and O–H groups in total. The maximum absolute atomic E-state index is 12.2. The van der Waals surface area contributed by atoms with Crippen LogP contribution in [0.15, 0.2) is 30.3 Å². The summed E-state index contributed by atoms with van der Waals surface area (Å²) < 4.78 is 6.48. The van der Waals surface area contributed by atoms with Crippen molar-refractivity contribution < 1.29 is 14.3 Å². The van der Waals surface area contributed by atoms with Gasteiger partial charge in [0.15, 0.2) is 6.61 Å². The van der Waals surface area contributed by atoms with Crippen LogP contribution in [0.5, 0.6) is 0 Å². The fourth-order valence-corrected chi connectivity index (χ4v) is 2.70. The number of fused-ring (bicyclic) bond motifs is 1. The first-order valence-corrected chi connectivity index (χ1v) is 8.92. The lowest BCUT2D eigenvalue weighted by molar-refractivity contribution is -0.119. The number of nitrogens with zero attached hydrogens (tertiary/aromatic N) is 4. The average molecular weight is 381 g/mol. The van der Waals surface area contributed by atoms with Gasteiger partial charge in [-0.25, -0.2) is 14.3 Å². The van der Waals surface area contributed by atoms with Gasteiger partial charge >= 0.3 is 5.97 Å². The third-order valence-electron chi connectivity index (χ3n) is 4.17. The Morgan fingerprint density at radius 1 is 1.11 bits per heavy atom. The molecular formula is C20H23N5O3. The van der Waals surface area contributed by atoms with Crippen LogP contribution in [-0.4, -0.2) is 38.1 Å². The lowest BCUT2D eigenvalue weighted by Gasteiger charge is -2.19. The summed E-state index contributed by atoms with van der Waals surface area (Å²) in [6.45, 7) is 9.59. The van der Waals surface area contributed by atoms with Crippen LogP contribution in [0.3, 0.4) is 0 Å². The van der Waals surface area contributed by atoms with Crippen LogP contribution in [-0.2, 0) is 14.9 Å². The number of rotatable bonds is 4. The molecule has 2 aromatic heterocycles. The van der Waals surface area contributed by atoms with Gasteiger partial charge in [-0.05, 0) is 43.0 Å². The minimum absolute atomic E-state index is 0.0327. The fraction of sp³-hybridized carbons (Fsp3) is 0.350. The molecule has 2 heterocycles. The van der Waals surface area contributed by atoms with E-state index in [1.165, 1.54) is 4.52 Å². The first kappa shape index (κ1) is 19.5. The number of amides is 1. The highest BCUT2D eigenvalue weighted by atomic mass is 16.5. The van der Waals surface area contributed by atoms with Crippen molar-refractivity contribution in [3.63, 3.8) is 0 Å². The second-order valence-electron chi connectivity index (χ2n) is 7.64. The van der Waals surface area contributed by atoms with E-state index in [2.05, 4.69) is 41.2 Å². The molecule has 1 aromatic carbocycles. The van der Waals surface area contributed by atoms with Crippen molar-refractivity contribution in [2.45, 2.75) is 40.0 Å². The molecule has 3 aromatic rings. The first-order chi connectivity index (χ1) is 13.1. The van der Waals surface area contributed by atoms with Crippen molar-refractivity contribution in [1.29, 1.82) is 0 Å². The van der Waals surface area contributed by atoms with Crippen molar-refractivity contribution in [3.8, 4) is 0 Å². The monoisotopic (exact) mass is 381 g/mol. The van der Waals surface area contributed by atoms with Gasteiger partial charge in [-0.2, -0.15) is 4.98 Å². The second-order valence-corrected chi connectivity index (χ2v) is 7.64. The molecule has 0 atom stereocenters. The molecule has 1 amide bonds. The minimum Gasteiger partial charge on any atom is -0.450 e. The van der Waals surface area contributed by atoms with E-state index in [1.54, 1.807) is 0 Å². The molecule has 0 radical (unpaired) electrons. The minimum atomic E-state index is -0.777. The van der Waals surface area contributed by atoms with Crippen LogP contribution in [0.1, 0.15) is 48.3 Å². The smallest absolute Gasteiger partial charge is 0.378 e. The maximum atomic E-state index is 12.2. The third kappa shape index (κ3) is 4.33. The molecule has 0 aliphatic rings. The summed E-state index contributed by atoms with van der Waals surface area (Å²) in [5, 5.41) is 6.78. The molecule has 0 aliphatic heterocycles. The zero-order valence-corrected chi connectivity index (χ0v) is 16.6. The lowest BCUT2D eigenvalue weighted by atomic mass is 9.87. The molecule has 3 rings (SSSR count). The molecule has 0 fully saturated rings. The number of carbonyl (C=O) groups is 2. The maximum Gasteiger partial charge on any atom is 0.378 e. The van der Waals surface area contributed by atoms with E-state index in [0.717, 1.165) is 17.0 Å². The van der Waals surface area contributed by atoms with E-state index in [9.17, 15) is 9.59 Å². The van der Waals surface area contributed by atoms with Crippen molar-refractivity contribution >= 4 is 23.3 Å². The number of esters is 1. The van der Waals surface area contributed by atoms with Gasteiger partial charge in [0.05, 0.1) is 0 Å². The number of anilines is 1. The molecule has 0 unspecified atom stereocenters. The van der Waals surface area contributed by atoms with Crippen molar-refractivity contribution in [1.82, 2.24) is 19.6 Å². The van der Waals surface area contributed by atoms with Gasteiger partial charge in [-0.3, -0.25) is 4.79 Å². The van der Waals surface area contributed by atoms with E-state index in [1.807, 2.05) is 44.2 Å². The number of carbonyl (C=O) groups excluding carboxylic acids is 2. The Hall–Kier alpha value is -3.29. The molecule has 0 saturated heterocycles. The van der Waals surface area contributed by atoms with Crippen molar-refractivity contribution in [2.75, 3.05) is 11.9 Å². The molecule has 28 heavy (non-hydrogen) atoms. The Labute approximate surface area is 163 Å². The van der Waals surface area contributed by atoms with Crippen LogP contribution in [0, 0.1) is 13.8 Å². The van der Waals surface area contributed by atoms with Gasteiger partial charge < -0.3 is 10.1 Å². The molecule has 0 spiro atoms. The highest BCUT2D eigenvalue weighted by Crippen LogP contribution is 2.23. The van der Waals surface area contributed by atoms with Gasteiger partial charge in [0.2, 0.25) is 0 Å². The summed E-state index contributed by atoms with van der Waals surface area (Å²) in [6.07, 6.45) is 0. The van der Waals surface area contributed by atoms with Crippen LogP contribution < -0.4 is 5.32 Å². The summed E-state index contributed by atoms with van der Waals surface area (Å²) in [6, 6.07) is 9.38. The zero-order chi connectivity index (χ0) is 20.5. The van der Waals surface area contributed by atoms with Gasteiger partial charge in [0, 0.05) is 17.1 Å². The quantitative estimate of drug-likeness (QED) is 0.698. The van der Waals surface area contributed by atoms with Crippen molar-refractivity contribution in [2.24, 2.45) is 0 Å². The Morgan fingerprint density at radius 2 is 1.79 bits per heavy atom. The third-order valence-corrected chi connectivity index (χ3v) is 4.17. The average Bonchev–Trinajstić information content (AvgIpc) is 3.04. The molecule has 8 nitrogen and oxygen atoms in total. The highest BCUT2D eigenvalue weighted by Gasteiger charge is 2.18. The lowest BCUT2D eigenvalue weighted by Crippen LogP contribution is -2.21. The number of nitrogens with one attached hydrogen (secondary N) is 1. The van der Waals surface area contributed by atoms with Crippen LogP contribution in [0.4, 0.5) is 5.69 Å². The Kier molecular flexibility index (Phi) is 5.13. The predicted molar refractivity (Wildman–Crippen MR) is 104 cm³/mol. The number of aryl methyl sites for hydroxylation is 2. The number of hydrogen-bond acceptors (Lipinski definition) is 6. The molecule has 0 saturated carbocycles. The SMILES string of the molecule is Cc1cc(C)n2nc(C(=O)OCC(=O)Nc3ccc(C(C)(C)C)cc3)nc2n1. The zero-order valence-electron chi connectivity index (χ0n) is 16.6. The van der Waals surface area contributed by atoms with Gasteiger partial charge in [0.25, 0.3) is 17.5 Å². The standard InChI is InChI=1S/C20H23N5O3/c1-12-10-13(2)25-19(21-12)23-17(24-25)18(27)28-11-16(26)22-15-8-6-14(7-9-15)20(3,4)5/h6-10H,11H2,1-5H3,(H,22,26). The number of benzene rings is 1. The molecule has 0 aliphatic carbocycles. The van der Waals surface area contributed by atoms with E-state index in [0.29, 0.717) is 11.5 Å². The summed E-state index contributed by atoms with van der Waals surface area (Å²) in [5.41, 5.74) is 3.40. The van der Waals surface area contributed by atoms with E-state index < -0.39 is 18.5 Å². The van der Waals surface area contributed by atoms with Crippen LogP contribution in [0.25, 0.3) is 5.78 Å². The molecule has 0 bridgehead atoms. The van der Waals surface area contributed by atoms with Gasteiger partial charge in [0.1, 0.15) is 0 Å². The Bertz CT molecular complexity index is 1030. The first-order valence-electron chi connectivity index (χ1n) is 8.92. The highest BCUT2D eigenvalue weighted by molar-refractivity contribution is 5.94. The summed E-state index contributed by atoms with van der Waals surface area (Å²) in [4.78, 5) is 32.5.